The van der Waals surface area contributed by atoms with Crippen molar-refractivity contribution >= 4 is 6.09 Å². The molecule has 0 atom stereocenters. The van der Waals surface area contributed by atoms with E-state index < -0.39 is 11.7 Å². The van der Waals surface area contributed by atoms with Crippen molar-refractivity contribution in [3.8, 4) is 0 Å². The predicted molar refractivity (Wildman–Crippen MR) is 70.8 cm³/mol. The van der Waals surface area contributed by atoms with Gasteiger partial charge in [0.15, 0.2) is 0 Å². The van der Waals surface area contributed by atoms with Crippen molar-refractivity contribution < 1.29 is 9.53 Å². The first kappa shape index (κ1) is 14.0. The standard InChI is InChI=1S/C13H22N4O2/c1-13(2,3)19-12(18)17-11(15-8-16-17)9-4-6-10(14)7-5-9/h8-10H,4-7,14H2,1-3H3. The Balaban J connectivity index is 2.11. The van der Waals surface area contributed by atoms with Gasteiger partial charge in [0.25, 0.3) is 0 Å². The Labute approximate surface area is 113 Å². The summed E-state index contributed by atoms with van der Waals surface area (Å²) in [5.41, 5.74) is 5.36. The van der Waals surface area contributed by atoms with Gasteiger partial charge >= 0.3 is 6.09 Å². The number of carbonyl (C=O) groups is 1. The van der Waals surface area contributed by atoms with Crippen LogP contribution in [0.4, 0.5) is 4.79 Å². The molecule has 0 radical (unpaired) electrons. The van der Waals surface area contributed by atoms with E-state index in [2.05, 4.69) is 10.1 Å². The number of hydrogen-bond acceptors (Lipinski definition) is 5. The summed E-state index contributed by atoms with van der Waals surface area (Å²) in [4.78, 5) is 16.3. The lowest BCUT2D eigenvalue weighted by atomic mass is 9.86. The van der Waals surface area contributed by atoms with Gasteiger partial charge in [0, 0.05) is 12.0 Å². The molecule has 1 fully saturated rings. The number of ether oxygens (including phenoxy) is 1. The zero-order valence-electron chi connectivity index (χ0n) is 11.8. The molecule has 2 rings (SSSR count). The van der Waals surface area contributed by atoms with Crippen LogP contribution in [-0.4, -0.2) is 32.5 Å². The third kappa shape index (κ3) is 3.53. The molecule has 0 saturated heterocycles. The van der Waals surface area contributed by atoms with Crippen molar-refractivity contribution in [1.29, 1.82) is 0 Å². The van der Waals surface area contributed by atoms with Crippen LogP contribution in [0.15, 0.2) is 6.33 Å². The van der Waals surface area contributed by atoms with Crippen LogP contribution in [-0.2, 0) is 4.74 Å². The normalized spacial score (nSPS) is 24.2. The summed E-state index contributed by atoms with van der Waals surface area (Å²) in [7, 11) is 0. The van der Waals surface area contributed by atoms with Crippen molar-refractivity contribution in [3.05, 3.63) is 12.2 Å². The monoisotopic (exact) mass is 266 g/mol. The van der Waals surface area contributed by atoms with Gasteiger partial charge in [-0.15, -0.1) is 9.78 Å². The Kier molecular flexibility index (Phi) is 3.89. The summed E-state index contributed by atoms with van der Waals surface area (Å²) in [5.74, 6) is 0.941. The summed E-state index contributed by atoms with van der Waals surface area (Å²) in [6, 6.07) is 0.272. The van der Waals surface area contributed by atoms with Gasteiger partial charge < -0.3 is 10.5 Å². The summed E-state index contributed by atoms with van der Waals surface area (Å²) < 4.78 is 6.62. The minimum Gasteiger partial charge on any atom is -0.442 e. The second-order valence-corrected chi connectivity index (χ2v) is 6.12. The molecule has 0 bridgehead atoms. The third-order valence-electron chi connectivity index (χ3n) is 3.28. The van der Waals surface area contributed by atoms with E-state index in [1.54, 1.807) is 0 Å². The Bertz CT molecular complexity index is 442. The molecule has 2 N–H and O–H groups in total. The predicted octanol–water partition coefficient (Wildman–Crippen LogP) is 2.05. The lowest BCUT2D eigenvalue weighted by molar-refractivity contribution is 0.0505. The first-order valence-electron chi connectivity index (χ1n) is 6.75. The SMILES string of the molecule is CC(C)(C)OC(=O)n1ncnc1C1CCC(N)CC1. The fourth-order valence-corrected chi connectivity index (χ4v) is 2.35. The number of rotatable bonds is 1. The summed E-state index contributed by atoms with van der Waals surface area (Å²) in [6.45, 7) is 5.50. The van der Waals surface area contributed by atoms with E-state index in [-0.39, 0.29) is 12.0 Å². The van der Waals surface area contributed by atoms with Crippen LogP contribution in [0.5, 0.6) is 0 Å². The minimum absolute atomic E-state index is 0.245. The van der Waals surface area contributed by atoms with Gasteiger partial charge in [-0.2, -0.15) is 0 Å². The molecule has 1 heterocycles. The van der Waals surface area contributed by atoms with Gasteiger partial charge in [-0.05, 0) is 46.5 Å². The summed E-state index contributed by atoms with van der Waals surface area (Å²) in [6.07, 6.45) is 4.77. The molecule has 0 spiro atoms. The fraction of sp³-hybridized carbons (Fsp3) is 0.769. The maximum atomic E-state index is 12.1. The molecule has 1 aromatic rings. The average molecular weight is 266 g/mol. The molecule has 1 aromatic heterocycles. The van der Waals surface area contributed by atoms with Crippen molar-refractivity contribution in [3.63, 3.8) is 0 Å². The van der Waals surface area contributed by atoms with E-state index in [9.17, 15) is 4.79 Å². The van der Waals surface area contributed by atoms with Gasteiger partial charge in [-0.25, -0.2) is 9.78 Å². The summed E-state index contributed by atoms with van der Waals surface area (Å²) >= 11 is 0. The smallest absolute Gasteiger partial charge is 0.436 e. The van der Waals surface area contributed by atoms with E-state index in [0.717, 1.165) is 25.7 Å². The highest BCUT2D eigenvalue weighted by Crippen LogP contribution is 2.31. The van der Waals surface area contributed by atoms with Crippen LogP contribution in [0.25, 0.3) is 0 Å². The van der Waals surface area contributed by atoms with Gasteiger partial charge in [0.05, 0.1) is 0 Å². The van der Waals surface area contributed by atoms with Crippen LogP contribution in [0, 0.1) is 0 Å². The van der Waals surface area contributed by atoms with Crippen LogP contribution >= 0.6 is 0 Å². The highest BCUT2D eigenvalue weighted by Gasteiger charge is 2.28. The van der Waals surface area contributed by atoms with Crippen LogP contribution in [0.3, 0.4) is 0 Å². The molecule has 1 aliphatic carbocycles. The van der Waals surface area contributed by atoms with Gasteiger partial charge in [-0.3, -0.25) is 0 Å². The number of nitrogens with zero attached hydrogens (tertiary/aromatic N) is 3. The Hall–Kier alpha value is -1.43. The van der Waals surface area contributed by atoms with Crippen molar-refractivity contribution in [2.24, 2.45) is 5.73 Å². The zero-order valence-corrected chi connectivity index (χ0v) is 11.8. The Morgan fingerprint density at radius 3 is 2.58 bits per heavy atom. The molecule has 1 saturated carbocycles. The topological polar surface area (TPSA) is 83.0 Å². The van der Waals surface area contributed by atoms with Crippen molar-refractivity contribution in [2.75, 3.05) is 0 Å². The fourth-order valence-electron chi connectivity index (χ4n) is 2.35. The first-order valence-corrected chi connectivity index (χ1v) is 6.75. The van der Waals surface area contributed by atoms with Gasteiger partial charge in [0.2, 0.25) is 0 Å². The highest BCUT2D eigenvalue weighted by molar-refractivity contribution is 5.70. The van der Waals surface area contributed by atoms with Crippen molar-refractivity contribution in [2.45, 2.75) is 64.0 Å². The van der Waals surface area contributed by atoms with Crippen LogP contribution in [0.2, 0.25) is 0 Å². The number of hydrogen-bond donors (Lipinski definition) is 1. The third-order valence-corrected chi connectivity index (χ3v) is 3.28. The highest BCUT2D eigenvalue weighted by atomic mass is 16.6. The Morgan fingerprint density at radius 1 is 1.37 bits per heavy atom. The largest absolute Gasteiger partial charge is 0.442 e. The van der Waals surface area contributed by atoms with E-state index in [1.807, 2.05) is 20.8 Å². The molecular weight excluding hydrogens is 244 g/mol. The van der Waals surface area contributed by atoms with Crippen LogP contribution < -0.4 is 5.73 Å². The molecule has 0 aliphatic heterocycles. The molecule has 0 aromatic carbocycles. The van der Waals surface area contributed by atoms with E-state index in [0.29, 0.717) is 5.82 Å². The zero-order chi connectivity index (χ0) is 14.0. The van der Waals surface area contributed by atoms with Crippen LogP contribution in [0.1, 0.15) is 58.2 Å². The summed E-state index contributed by atoms with van der Waals surface area (Å²) in [5, 5.41) is 3.99. The molecule has 0 unspecified atom stereocenters. The second kappa shape index (κ2) is 5.28. The molecule has 106 valence electrons. The maximum Gasteiger partial charge on any atom is 0.436 e. The first-order chi connectivity index (χ1) is 8.87. The van der Waals surface area contributed by atoms with Gasteiger partial charge in [0.1, 0.15) is 17.8 Å². The lowest BCUT2D eigenvalue weighted by Crippen LogP contribution is -2.31. The van der Waals surface area contributed by atoms with E-state index >= 15 is 0 Å². The van der Waals surface area contributed by atoms with E-state index in [1.165, 1.54) is 11.0 Å². The molecule has 19 heavy (non-hydrogen) atoms. The number of aromatic nitrogens is 3. The number of nitrogens with two attached hydrogens (primary N) is 1. The number of carbonyl (C=O) groups excluding carboxylic acids is 1. The van der Waals surface area contributed by atoms with E-state index in [4.69, 9.17) is 10.5 Å². The molecule has 6 nitrogen and oxygen atoms in total. The second-order valence-electron chi connectivity index (χ2n) is 6.12. The Morgan fingerprint density at radius 2 is 2.00 bits per heavy atom. The minimum atomic E-state index is -0.533. The molecule has 0 amide bonds. The maximum absolute atomic E-state index is 12.1. The van der Waals surface area contributed by atoms with Gasteiger partial charge in [-0.1, -0.05) is 0 Å². The average Bonchev–Trinajstić information content (AvgIpc) is 2.76. The molecule has 6 heteroatoms. The molecule has 1 aliphatic rings. The molecular formula is C13H22N4O2. The lowest BCUT2D eigenvalue weighted by Gasteiger charge is -2.26. The van der Waals surface area contributed by atoms with Crippen molar-refractivity contribution in [1.82, 2.24) is 14.8 Å². The quantitative estimate of drug-likeness (QED) is 0.841.